The number of aromatic nitrogens is 2. The Bertz CT molecular complexity index is 596. The minimum absolute atomic E-state index is 0.0597. The predicted molar refractivity (Wildman–Crippen MR) is 96.1 cm³/mol. The highest BCUT2D eigenvalue weighted by molar-refractivity contribution is 5.93. The lowest BCUT2D eigenvalue weighted by Crippen LogP contribution is -2.63. The number of rotatable bonds is 3. The maximum Gasteiger partial charge on any atom is 0.272 e. The normalized spacial score (nSPS) is 28.5. The molecule has 2 fully saturated rings. The molecule has 2 aliphatic heterocycles. The highest BCUT2D eigenvalue weighted by atomic mass is 16.2. The first-order chi connectivity index (χ1) is 11.5. The zero-order chi connectivity index (χ0) is 17.3. The van der Waals surface area contributed by atoms with Gasteiger partial charge in [-0.15, -0.1) is 0 Å². The number of hydrogen-bond donors (Lipinski definition) is 0. The maximum absolute atomic E-state index is 13.4. The zero-order valence-corrected chi connectivity index (χ0v) is 15.7. The van der Waals surface area contributed by atoms with Crippen LogP contribution in [0.4, 0.5) is 0 Å². The van der Waals surface area contributed by atoms with Gasteiger partial charge in [-0.2, -0.15) is 5.10 Å². The zero-order valence-electron chi connectivity index (χ0n) is 15.7. The van der Waals surface area contributed by atoms with Gasteiger partial charge in [0.15, 0.2) is 0 Å². The van der Waals surface area contributed by atoms with Crippen LogP contribution in [0.2, 0.25) is 0 Å². The molecule has 1 amide bonds. The molecule has 0 bridgehead atoms. The fourth-order valence-electron chi connectivity index (χ4n) is 4.77. The number of carbonyl (C=O) groups excluding carboxylic acids is 1. The smallest absolute Gasteiger partial charge is 0.272 e. The Morgan fingerprint density at radius 1 is 1.29 bits per heavy atom. The van der Waals surface area contributed by atoms with E-state index in [-0.39, 0.29) is 11.4 Å². The molecule has 1 aromatic heterocycles. The molecule has 0 saturated carbocycles. The van der Waals surface area contributed by atoms with Gasteiger partial charge in [0.1, 0.15) is 5.69 Å². The standard InChI is InChI=1S/C19H32N4O/c1-5-9-15-14-16(22(4)20-15)18(24)23-13-7-6-10-17-19(23,2)11-8-12-21(17)3/h14,17H,5-13H2,1-4H3/t17-,19-/m0/s1. The van der Waals surface area contributed by atoms with Crippen LogP contribution in [0.5, 0.6) is 0 Å². The van der Waals surface area contributed by atoms with E-state index in [2.05, 4.69) is 35.8 Å². The van der Waals surface area contributed by atoms with E-state index >= 15 is 0 Å². The number of likely N-dealkylation sites (tertiary alicyclic amines) is 2. The van der Waals surface area contributed by atoms with Gasteiger partial charge < -0.3 is 9.80 Å². The summed E-state index contributed by atoms with van der Waals surface area (Å²) >= 11 is 0. The van der Waals surface area contributed by atoms with Crippen LogP contribution in [0.1, 0.15) is 68.6 Å². The van der Waals surface area contributed by atoms with Crippen LogP contribution >= 0.6 is 0 Å². The summed E-state index contributed by atoms with van der Waals surface area (Å²) in [5.41, 5.74) is 1.71. The number of amides is 1. The Morgan fingerprint density at radius 3 is 2.83 bits per heavy atom. The fraction of sp³-hybridized carbons (Fsp3) is 0.789. The summed E-state index contributed by atoms with van der Waals surface area (Å²) in [5.74, 6) is 0.164. The van der Waals surface area contributed by atoms with Crippen LogP contribution in [-0.2, 0) is 13.5 Å². The predicted octanol–water partition coefficient (Wildman–Crippen LogP) is 2.85. The summed E-state index contributed by atoms with van der Waals surface area (Å²) in [6.07, 6.45) is 7.77. The van der Waals surface area contributed by atoms with E-state index in [0.717, 1.165) is 50.2 Å². The minimum Gasteiger partial charge on any atom is -0.330 e. The third-order valence-electron chi connectivity index (χ3n) is 6.07. The van der Waals surface area contributed by atoms with E-state index in [4.69, 9.17) is 0 Å². The maximum atomic E-state index is 13.4. The van der Waals surface area contributed by atoms with Gasteiger partial charge in [0.2, 0.25) is 0 Å². The Hall–Kier alpha value is -1.36. The number of likely N-dealkylation sites (N-methyl/N-ethyl adjacent to an activating group) is 1. The molecule has 0 spiro atoms. The molecule has 134 valence electrons. The van der Waals surface area contributed by atoms with Crippen molar-refractivity contribution in [2.45, 2.75) is 70.4 Å². The molecule has 3 rings (SSSR count). The summed E-state index contributed by atoms with van der Waals surface area (Å²) in [5, 5.41) is 4.54. The third kappa shape index (κ3) is 2.99. The highest BCUT2D eigenvalue weighted by Crippen LogP contribution is 2.38. The van der Waals surface area contributed by atoms with Crippen molar-refractivity contribution in [1.29, 1.82) is 0 Å². The van der Waals surface area contributed by atoms with Gasteiger partial charge in [-0.25, -0.2) is 0 Å². The van der Waals surface area contributed by atoms with Gasteiger partial charge in [-0.3, -0.25) is 9.48 Å². The second-order valence-corrected chi connectivity index (χ2v) is 7.80. The number of nitrogens with zero attached hydrogens (tertiary/aromatic N) is 4. The van der Waals surface area contributed by atoms with Gasteiger partial charge in [-0.1, -0.05) is 19.8 Å². The van der Waals surface area contributed by atoms with Crippen molar-refractivity contribution >= 4 is 5.91 Å². The molecule has 1 aromatic rings. The van der Waals surface area contributed by atoms with Gasteiger partial charge in [0.05, 0.1) is 11.2 Å². The lowest BCUT2D eigenvalue weighted by atomic mass is 9.80. The topological polar surface area (TPSA) is 41.4 Å². The average Bonchev–Trinajstić information content (AvgIpc) is 2.79. The Balaban J connectivity index is 1.92. The van der Waals surface area contributed by atoms with Gasteiger partial charge in [0.25, 0.3) is 5.91 Å². The lowest BCUT2D eigenvalue weighted by Gasteiger charge is -2.51. The van der Waals surface area contributed by atoms with E-state index in [9.17, 15) is 4.79 Å². The van der Waals surface area contributed by atoms with Crippen molar-refractivity contribution in [3.8, 4) is 0 Å². The van der Waals surface area contributed by atoms with Crippen molar-refractivity contribution in [1.82, 2.24) is 19.6 Å². The van der Waals surface area contributed by atoms with Crippen LogP contribution in [0.25, 0.3) is 0 Å². The monoisotopic (exact) mass is 332 g/mol. The van der Waals surface area contributed by atoms with Crippen molar-refractivity contribution in [3.63, 3.8) is 0 Å². The second-order valence-electron chi connectivity index (χ2n) is 7.80. The van der Waals surface area contributed by atoms with E-state index in [1.165, 1.54) is 19.3 Å². The molecule has 2 saturated heterocycles. The Morgan fingerprint density at radius 2 is 2.08 bits per heavy atom. The lowest BCUT2D eigenvalue weighted by molar-refractivity contribution is -0.00441. The molecule has 0 N–H and O–H groups in total. The van der Waals surface area contributed by atoms with Crippen LogP contribution in [0, 0.1) is 0 Å². The van der Waals surface area contributed by atoms with E-state index < -0.39 is 0 Å². The van der Waals surface area contributed by atoms with Gasteiger partial charge in [0, 0.05) is 19.6 Å². The molecule has 0 aliphatic carbocycles. The number of hydrogen-bond acceptors (Lipinski definition) is 3. The number of fused-ring (bicyclic) bond motifs is 1. The minimum atomic E-state index is -0.0597. The molecule has 2 aliphatic rings. The molecule has 3 heterocycles. The SMILES string of the molecule is CCCc1cc(C(=O)N2CCCC[C@@H]3N(C)CCC[C@@]32C)n(C)n1. The van der Waals surface area contributed by atoms with Crippen LogP contribution in [0.3, 0.4) is 0 Å². The molecule has 5 heteroatoms. The van der Waals surface area contributed by atoms with Gasteiger partial charge >= 0.3 is 0 Å². The largest absolute Gasteiger partial charge is 0.330 e. The molecule has 24 heavy (non-hydrogen) atoms. The fourth-order valence-corrected chi connectivity index (χ4v) is 4.77. The molecule has 0 aromatic carbocycles. The third-order valence-corrected chi connectivity index (χ3v) is 6.07. The Labute approximate surface area is 146 Å². The molecular weight excluding hydrogens is 300 g/mol. The van der Waals surface area contributed by atoms with Crippen LogP contribution in [-0.4, -0.2) is 57.2 Å². The number of carbonyl (C=O) groups is 1. The van der Waals surface area contributed by atoms with Gasteiger partial charge in [-0.05, 0) is 58.7 Å². The first kappa shape index (κ1) is 17.5. The summed E-state index contributed by atoms with van der Waals surface area (Å²) in [6.45, 7) is 6.47. The van der Waals surface area contributed by atoms with E-state index in [0.29, 0.717) is 6.04 Å². The quantitative estimate of drug-likeness (QED) is 0.855. The summed E-state index contributed by atoms with van der Waals surface area (Å²) in [7, 11) is 4.12. The second kappa shape index (κ2) is 6.87. The van der Waals surface area contributed by atoms with E-state index in [1.54, 1.807) is 4.68 Å². The molecule has 0 radical (unpaired) electrons. The molecular formula is C19H32N4O. The molecule has 5 nitrogen and oxygen atoms in total. The first-order valence-corrected chi connectivity index (χ1v) is 9.52. The van der Waals surface area contributed by atoms with Crippen LogP contribution < -0.4 is 0 Å². The van der Waals surface area contributed by atoms with E-state index in [1.807, 2.05) is 13.1 Å². The summed E-state index contributed by atoms with van der Waals surface area (Å²) < 4.78 is 1.78. The van der Waals surface area contributed by atoms with Crippen molar-refractivity contribution in [2.24, 2.45) is 7.05 Å². The van der Waals surface area contributed by atoms with Crippen molar-refractivity contribution in [2.75, 3.05) is 20.1 Å². The number of piperidine rings is 1. The summed E-state index contributed by atoms with van der Waals surface area (Å²) in [6, 6.07) is 2.47. The molecule has 0 unspecified atom stereocenters. The summed E-state index contributed by atoms with van der Waals surface area (Å²) in [4.78, 5) is 18.1. The van der Waals surface area contributed by atoms with Crippen molar-refractivity contribution in [3.05, 3.63) is 17.5 Å². The van der Waals surface area contributed by atoms with Crippen molar-refractivity contribution < 1.29 is 4.79 Å². The Kier molecular flexibility index (Phi) is 5.00. The van der Waals surface area contributed by atoms with Crippen LogP contribution in [0.15, 0.2) is 6.07 Å². The average molecular weight is 332 g/mol. The molecule has 2 atom stereocenters. The highest BCUT2D eigenvalue weighted by Gasteiger charge is 2.47. The first-order valence-electron chi connectivity index (χ1n) is 9.52. The number of aryl methyl sites for hydroxylation is 2.